The summed E-state index contributed by atoms with van der Waals surface area (Å²) in [6.07, 6.45) is 3.64. The van der Waals surface area contributed by atoms with Gasteiger partial charge in [-0.15, -0.1) is 0 Å². The van der Waals surface area contributed by atoms with Crippen LogP contribution in [-0.2, 0) is 0 Å². The van der Waals surface area contributed by atoms with Gasteiger partial charge in [0.1, 0.15) is 0 Å². The normalized spacial score (nSPS) is 12.5. The second kappa shape index (κ2) is 5.89. The zero-order valence-electron chi connectivity index (χ0n) is 11.1. The molecular formula is C16H24. The third kappa shape index (κ3) is 3.52. The van der Waals surface area contributed by atoms with Gasteiger partial charge in [-0.2, -0.15) is 0 Å². The summed E-state index contributed by atoms with van der Waals surface area (Å²) in [7, 11) is 0. The minimum Gasteiger partial charge on any atom is -0.0952 e. The van der Waals surface area contributed by atoms with Crippen molar-refractivity contribution < 1.29 is 0 Å². The fraction of sp³-hybridized carbons (Fsp3) is 0.500. The monoisotopic (exact) mass is 216 g/mol. The summed E-state index contributed by atoms with van der Waals surface area (Å²) in [5.41, 5.74) is 5.32. The van der Waals surface area contributed by atoms with Crippen LogP contribution >= 0.6 is 0 Å². The van der Waals surface area contributed by atoms with Gasteiger partial charge in [0.15, 0.2) is 0 Å². The van der Waals surface area contributed by atoms with E-state index in [1.54, 1.807) is 0 Å². The molecule has 0 aromatic heterocycles. The molecule has 0 saturated carbocycles. The zero-order valence-corrected chi connectivity index (χ0v) is 11.1. The molecule has 1 unspecified atom stereocenters. The Morgan fingerprint density at radius 3 is 2.50 bits per heavy atom. The zero-order chi connectivity index (χ0) is 12.1. The first kappa shape index (κ1) is 13.0. The lowest BCUT2D eigenvalue weighted by molar-refractivity contribution is 0.525. The van der Waals surface area contributed by atoms with E-state index in [9.17, 15) is 0 Å². The predicted octanol–water partition coefficient (Wildman–Crippen LogP) is 5.14. The van der Waals surface area contributed by atoms with E-state index in [1.807, 2.05) is 0 Å². The van der Waals surface area contributed by atoms with Crippen LogP contribution in [0.15, 0.2) is 24.8 Å². The minimum atomic E-state index is 0.809. The fourth-order valence-electron chi connectivity index (χ4n) is 1.73. The molecule has 0 aliphatic rings. The van der Waals surface area contributed by atoms with Crippen molar-refractivity contribution in [3.8, 4) is 0 Å². The van der Waals surface area contributed by atoms with Crippen LogP contribution in [0.5, 0.6) is 0 Å². The lowest BCUT2D eigenvalue weighted by Crippen LogP contribution is -1.94. The number of aryl methyl sites for hydroxylation is 2. The Kier molecular flexibility index (Phi) is 4.79. The molecule has 0 saturated heterocycles. The lowest BCUT2D eigenvalue weighted by Gasteiger charge is -2.11. The topological polar surface area (TPSA) is 0 Å². The van der Waals surface area contributed by atoms with Crippen molar-refractivity contribution in [1.82, 2.24) is 0 Å². The Morgan fingerprint density at radius 1 is 1.25 bits per heavy atom. The summed E-state index contributed by atoms with van der Waals surface area (Å²) in [5.74, 6) is 0.809. The average molecular weight is 216 g/mol. The van der Waals surface area contributed by atoms with Gasteiger partial charge in [0.05, 0.1) is 0 Å². The largest absolute Gasteiger partial charge is 0.0952 e. The van der Waals surface area contributed by atoms with Crippen molar-refractivity contribution in [2.45, 2.75) is 47.0 Å². The third-order valence-electron chi connectivity index (χ3n) is 3.55. The molecule has 1 atom stereocenters. The van der Waals surface area contributed by atoms with Gasteiger partial charge < -0.3 is 0 Å². The molecule has 0 fully saturated rings. The van der Waals surface area contributed by atoms with Gasteiger partial charge in [-0.05, 0) is 54.9 Å². The van der Waals surface area contributed by atoms with Gasteiger partial charge in [-0.1, -0.05) is 45.0 Å². The highest BCUT2D eigenvalue weighted by molar-refractivity contribution is 5.64. The van der Waals surface area contributed by atoms with Crippen molar-refractivity contribution in [3.63, 3.8) is 0 Å². The molecule has 1 aromatic rings. The second-order valence-electron chi connectivity index (χ2n) is 4.95. The molecule has 16 heavy (non-hydrogen) atoms. The molecule has 0 nitrogen and oxygen atoms in total. The molecule has 0 heterocycles. The van der Waals surface area contributed by atoms with E-state index in [-0.39, 0.29) is 0 Å². The van der Waals surface area contributed by atoms with E-state index in [0.29, 0.717) is 0 Å². The third-order valence-corrected chi connectivity index (χ3v) is 3.55. The maximum absolute atomic E-state index is 4.20. The van der Waals surface area contributed by atoms with Crippen LogP contribution in [0.2, 0.25) is 0 Å². The molecule has 1 aromatic carbocycles. The van der Waals surface area contributed by atoms with Crippen molar-refractivity contribution in [1.29, 1.82) is 0 Å². The summed E-state index contributed by atoms with van der Waals surface area (Å²) in [5, 5.41) is 0. The molecule has 0 radical (unpaired) electrons. The standard InChI is InChI=1S/C16H24/c1-6-12(2)7-8-14(4)16-10-9-13(3)15(5)11-16/h9-12H,4,6-8H2,1-3,5H3. The predicted molar refractivity (Wildman–Crippen MR) is 73.6 cm³/mol. The first-order chi connectivity index (χ1) is 7.54. The van der Waals surface area contributed by atoms with Crippen molar-refractivity contribution in [3.05, 3.63) is 41.5 Å². The van der Waals surface area contributed by atoms with E-state index in [0.717, 1.165) is 12.3 Å². The van der Waals surface area contributed by atoms with Gasteiger partial charge in [-0.3, -0.25) is 0 Å². The van der Waals surface area contributed by atoms with Gasteiger partial charge >= 0.3 is 0 Å². The molecule has 1 rings (SSSR count). The maximum atomic E-state index is 4.20. The number of hydrogen-bond donors (Lipinski definition) is 0. The molecule has 88 valence electrons. The molecular weight excluding hydrogens is 192 g/mol. The summed E-state index contributed by atoms with van der Waals surface area (Å²) in [4.78, 5) is 0. The van der Waals surface area contributed by atoms with Crippen LogP contribution < -0.4 is 0 Å². The number of hydrogen-bond acceptors (Lipinski definition) is 0. The quantitative estimate of drug-likeness (QED) is 0.639. The highest BCUT2D eigenvalue weighted by Crippen LogP contribution is 2.23. The van der Waals surface area contributed by atoms with Crippen LogP contribution in [0.25, 0.3) is 5.57 Å². The van der Waals surface area contributed by atoms with E-state index in [2.05, 4.69) is 52.5 Å². The summed E-state index contributed by atoms with van der Waals surface area (Å²) in [6, 6.07) is 6.65. The Bertz CT molecular complexity index is 360. The van der Waals surface area contributed by atoms with Crippen LogP contribution in [-0.4, -0.2) is 0 Å². The Labute approximate surface area is 100 Å². The minimum absolute atomic E-state index is 0.809. The molecule has 0 aliphatic heterocycles. The number of allylic oxidation sites excluding steroid dienone is 1. The first-order valence-electron chi connectivity index (χ1n) is 6.30. The second-order valence-corrected chi connectivity index (χ2v) is 4.95. The van der Waals surface area contributed by atoms with E-state index < -0.39 is 0 Å². The van der Waals surface area contributed by atoms with Crippen LogP contribution in [0, 0.1) is 19.8 Å². The molecule has 0 bridgehead atoms. The SMILES string of the molecule is C=C(CCC(C)CC)c1ccc(C)c(C)c1. The maximum Gasteiger partial charge on any atom is -0.0228 e. The van der Waals surface area contributed by atoms with Crippen LogP contribution in [0.3, 0.4) is 0 Å². The summed E-state index contributed by atoms with van der Waals surface area (Å²) in [6.45, 7) is 13.1. The Balaban J connectivity index is 2.63. The lowest BCUT2D eigenvalue weighted by atomic mass is 9.94. The average Bonchev–Trinajstić information content (AvgIpc) is 2.29. The Morgan fingerprint density at radius 2 is 1.94 bits per heavy atom. The van der Waals surface area contributed by atoms with Gasteiger partial charge in [0.25, 0.3) is 0 Å². The molecule has 0 heteroatoms. The van der Waals surface area contributed by atoms with E-state index in [1.165, 1.54) is 35.1 Å². The molecule has 0 N–H and O–H groups in total. The molecule has 0 amide bonds. The van der Waals surface area contributed by atoms with Crippen molar-refractivity contribution in [2.24, 2.45) is 5.92 Å². The number of benzene rings is 1. The Hall–Kier alpha value is -1.04. The first-order valence-corrected chi connectivity index (χ1v) is 6.30. The van der Waals surface area contributed by atoms with E-state index in [4.69, 9.17) is 0 Å². The van der Waals surface area contributed by atoms with Crippen LogP contribution in [0.1, 0.15) is 49.8 Å². The van der Waals surface area contributed by atoms with Crippen LogP contribution in [0.4, 0.5) is 0 Å². The summed E-state index contributed by atoms with van der Waals surface area (Å²) >= 11 is 0. The van der Waals surface area contributed by atoms with Crippen molar-refractivity contribution in [2.75, 3.05) is 0 Å². The fourth-order valence-corrected chi connectivity index (χ4v) is 1.73. The van der Waals surface area contributed by atoms with Gasteiger partial charge in [0.2, 0.25) is 0 Å². The highest BCUT2D eigenvalue weighted by atomic mass is 14.1. The smallest absolute Gasteiger partial charge is 0.0228 e. The summed E-state index contributed by atoms with van der Waals surface area (Å²) < 4.78 is 0. The molecule has 0 aliphatic carbocycles. The van der Waals surface area contributed by atoms with Gasteiger partial charge in [0, 0.05) is 0 Å². The number of rotatable bonds is 5. The van der Waals surface area contributed by atoms with Crippen molar-refractivity contribution >= 4 is 5.57 Å². The molecule has 0 spiro atoms. The van der Waals surface area contributed by atoms with Gasteiger partial charge in [-0.25, -0.2) is 0 Å². The highest BCUT2D eigenvalue weighted by Gasteiger charge is 2.04. The van der Waals surface area contributed by atoms with E-state index >= 15 is 0 Å².